The lowest BCUT2D eigenvalue weighted by Crippen LogP contribution is -2.54. The third-order valence-corrected chi connectivity index (χ3v) is 14.5. The second kappa shape index (κ2) is 22.0. The molecule has 7 rings (SSSR count). The normalized spacial score (nSPS) is 17.2. The maximum absolute atomic E-state index is 13.4. The highest BCUT2D eigenvalue weighted by Crippen LogP contribution is 2.35. The molecule has 67 heavy (non-hydrogen) atoms. The first kappa shape index (κ1) is 48.6. The molecular formula is C46H55ClN10O9S. The largest absolute Gasteiger partial charge is 0.494 e. The van der Waals surface area contributed by atoms with Crippen molar-refractivity contribution in [1.29, 1.82) is 0 Å². The molecule has 21 heteroatoms. The summed E-state index contributed by atoms with van der Waals surface area (Å²) in [7, 11) is -0.967. The van der Waals surface area contributed by atoms with Crippen LogP contribution in [0.4, 0.5) is 34.5 Å². The Morgan fingerprint density at radius 3 is 2.42 bits per heavy atom. The van der Waals surface area contributed by atoms with Crippen molar-refractivity contribution >= 4 is 91.0 Å². The van der Waals surface area contributed by atoms with E-state index in [1.165, 1.54) is 12.3 Å². The minimum absolute atomic E-state index is 0.0223. The van der Waals surface area contributed by atoms with Gasteiger partial charge in [0.2, 0.25) is 23.7 Å². The third kappa shape index (κ3) is 11.6. The molecule has 0 radical (unpaired) electrons. The molecule has 0 bridgehead atoms. The summed E-state index contributed by atoms with van der Waals surface area (Å²) in [5.41, 5.74) is 2.80. The van der Waals surface area contributed by atoms with E-state index in [1.807, 2.05) is 50.2 Å². The lowest BCUT2D eigenvalue weighted by atomic mass is 10.0. The average molecular weight is 960 g/mol. The Hall–Kier alpha value is -6.32. The quantitative estimate of drug-likeness (QED) is 0.0454. The second-order valence-corrected chi connectivity index (χ2v) is 19.5. The van der Waals surface area contributed by atoms with Crippen molar-refractivity contribution in [3.8, 4) is 5.75 Å². The van der Waals surface area contributed by atoms with Gasteiger partial charge in [-0.1, -0.05) is 43.6 Å². The number of methoxy groups -OCH3 is 1. The minimum atomic E-state index is -2.58. The van der Waals surface area contributed by atoms with Crippen LogP contribution in [0.3, 0.4) is 0 Å². The van der Waals surface area contributed by atoms with Crippen molar-refractivity contribution in [2.45, 2.75) is 42.9 Å². The van der Waals surface area contributed by atoms with E-state index in [0.29, 0.717) is 64.3 Å². The minimum Gasteiger partial charge on any atom is -0.494 e. The van der Waals surface area contributed by atoms with Crippen molar-refractivity contribution in [2.75, 3.05) is 100 Å². The van der Waals surface area contributed by atoms with Gasteiger partial charge in [-0.25, -0.2) is 4.98 Å². The van der Waals surface area contributed by atoms with Crippen molar-refractivity contribution in [1.82, 2.24) is 30.4 Å². The fourth-order valence-corrected chi connectivity index (χ4v) is 9.22. The number of imide groups is 2. The smallest absolute Gasteiger partial charge is 0.264 e. The Morgan fingerprint density at radius 1 is 0.925 bits per heavy atom. The highest BCUT2D eigenvalue weighted by molar-refractivity contribution is 8.01. The number of para-hydroxylation sites is 1. The van der Waals surface area contributed by atoms with Gasteiger partial charge in [0.25, 0.3) is 11.8 Å². The summed E-state index contributed by atoms with van der Waals surface area (Å²) in [4.78, 5) is 78.0. The predicted octanol–water partition coefficient (Wildman–Crippen LogP) is 3.89. The lowest BCUT2D eigenvalue weighted by molar-refractivity contribution is -0.136. The standard InChI is InChI=1S/C46H55ClN10O9S/c1-29(2)67(4,63)38-11-6-5-9-34(38)51-42-32(47)27-50-46(54-42)52-33-13-12-30(26-37(33)64-3)56-19-17-55(18-20-56)21-23-66-25-24-65-22-16-48-40(59)28-49-35-10-7-8-31-41(35)45(62)57(44(31)61)36-14-15-39(58)53-43(36)60/h5-13,26-27,29,36,49H,4,14-25,28H2,1-3H3,(H,48,59)(H,53,58,60)(H2,50,51,52,54). The third-order valence-electron chi connectivity index (χ3n) is 11.6. The van der Waals surface area contributed by atoms with Gasteiger partial charge in [0.05, 0.1) is 73.7 Å². The lowest BCUT2D eigenvalue weighted by Gasteiger charge is -2.36. The number of amides is 5. The Balaban J connectivity index is 0.775. The molecule has 3 aromatic carbocycles. The summed E-state index contributed by atoms with van der Waals surface area (Å²) in [6.45, 7) is 9.58. The van der Waals surface area contributed by atoms with Crippen LogP contribution in [0.15, 0.2) is 71.8 Å². The van der Waals surface area contributed by atoms with Crippen LogP contribution in [-0.2, 0) is 33.4 Å². The number of nitrogens with zero attached hydrogens (tertiary/aromatic N) is 5. The number of carbonyl (C=O) groups excluding carboxylic acids is 5. The summed E-state index contributed by atoms with van der Waals surface area (Å²) in [6.07, 6.45) is 1.57. The average Bonchev–Trinajstić information content (AvgIpc) is 3.57. The number of piperazine rings is 1. The van der Waals surface area contributed by atoms with Gasteiger partial charge in [0.15, 0.2) is 5.82 Å². The van der Waals surface area contributed by atoms with Gasteiger partial charge >= 0.3 is 0 Å². The number of nitrogens with one attached hydrogen (secondary N) is 5. The van der Waals surface area contributed by atoms with Gasteiger partial charge in [0, 0.05) is 77.9 Å². The van der Waals surface area contributed by atoms with E-state index < -0.39 is 39.2 Å². The number of piperidine rings is 1. The van der Waals surface area contributed by atoms with E-state index in [1.54, 1.807) is 25.3 Å². The molecule has 3 aliphatic heterocycles. The number of rotatable bonds is 21. The van der Waals surface area contributed by atoms with Crippen molar-refractivity contribution in [2.24, 2.45) is 0 Å². The molecule has 0 aliphatic carbocycles. The second-order valence-electron chi connectivity index (χ2n) is 16.2. The number of ether oxygens (including phenoxy) is 3. The molecule has 5 N–H and O–H groups in total. The van der Waals surface area contributed by atoms with Gasteiger partial charge in [-0.05, 0) is 48.7 Å². The molecule has 1 aromatic heterocycles. The summed E-state index contributed by atoms with van der Waals surface area (Å²) >= 11 is 6.50. The van der Waals surface area contributed by atoms with E-state index in [4.69, 9.17) is 25.8 Å². The van der Waals surface area contributed by atoms with Gasteiger partial charge < -0.3 is 40.4 Å². The topological polar surface area (TPSA) is 226 Å². The highest BCUT2D eigenvalue weighted by Gasteiger charge is 2.45. The number of anilines is 6. The van der Waals surface area contributed by atoms with Crippen LogP contribution in [0.2, 0.25) is 5.02 Å². The van der Waals surface area contributed by atoms with Crippen molar-refractivity contribution < 1.29 is 42.4 Å². The Labute approximate surface area is 394 Å². The first-order valence-corrected chi connectivity index (χ1v) is 24.1. The van der Waals surface area contributed by atoms with Gasteiger partial charge in [-0.3, -0.25) is 43.3 Å². The molecule has 4 aromatic rings. The first-order chi connectivity index (χ1) is 32.2. The number of benzene rings is 3. The summed E-state index contributed by atoms with van der Waals surface area (Å²) in [5.74, 6) is 2.52. The molecule has 4 heterocycles. The monoisotopic (exact) mass is 958 g/mol. The fraction of sp³-hybridized carbons (Fsp3) is 0.391. The zero-order valence-corrected chi connectivity index (χ0v) is 39.2. The fourth-order valence-electron chi connectivity index (χ4n) is 7.78. The van der Waals surface area contributed by atoms with E-state index in [9.17, 15) is 28.2 Å². The summed E-state index contributed by atoms with van der Waals surface area (Å²) < 4.78 is 30.6. The highest BCUT2D eigenvalue weighted by atomic mass is 35.5. The van der Waals surface area contributed by atoms with Crippen LogP contribution >= 0.6 is 11.6 Å². The molecule has 5 amide bonds. The van der Waals surface area contributed by atoms with Crippen LogP contribution in [0.25, 0.3) is 0 Å². The number of hydrogen-bond donors (Lipinski definition) is 5. The molecule has 2 unspecified atom stereocenters. The SMILES string of the molecule is C=S(=O)(c1ccccc1Nc1nc(Nc2ccc(N3CCN(CCOCCOCCNC(=O)CNc4cccc5c4C(=O)N(C4CCC(=O)NC4=O)C5=O)CC3)cc2OC)ncc1Cl)C(C)C. The molecule has 0 spiro atoms. The van der Waals surface area contributed by atoms with E-state index in [2.05, 4.69) is 52.2 Å². The van der Waals surface area contributed by atoms with Crippen LogP contribution < -0.4 is 36.2 Å². The summed E-state index contributed by atoms with van der Waals surface area (Å²) in [5, 5.41) is 14.5. The number of halogens is 1. The van der Waals surface area contributed by atoms with Crippen LogP contribution in [0.1, 0.15) is 47.4 Å². The molecule has 3 aliphatic rings. The van der Waals surface area contributed by atoms with E-state index >= 15 is 0 Å². The zero-order chi connectivity index (χ0) is 47.7. The Kier molecular flexibility index (Phi) is 16.0. The molecule has 2 saturated heterocycles. The predicted molar refractivity (Wildman–Crippen MR) is 257 cm³/mol. The van der Waals surface area contributed by atoms with Crippen LogP contribution in [0, 0.1) is 0 Å². The number of aromatic nitrogens is 2. The number of carbonyl (C=O) groups is 5. The van der Waals surface area contributed by atoms with Crippen LogP contribution in [0.5, 0.6) is 5.75 Å². The maximum Gasteiger partial charge on any atom is 0.264 e. The Morgan fingerprint density at radius 2 is 1.67 bits per heavy atom. The summed E-state index contributed by atoms with van der Waals surface area (Å²) in [6, 6.07) is 16.8. The molecule has 19 nitrogen and oxygen atoms in total. The molecule has 356 valence electrons. The zero-order valence-electron chi connectivity index (χ0n) is 37.6. The number of hydrogen-bond acceptors (Lipinski definition) is 16. The Bertz CT molecular complexity index is 2610. The van der Waals surface area contributed by atoms with Gasteiger partial charge in [-0.2, -0.15) is 4.98 Å². The molecular weight excluding hydrogens is 904 g/mol. The van der Waals surface area contributed by atoms with Crippen LogP contribution in [-0.4, -0.2) is 150 Å². The van der Waals surface area contributed by atoms with Crippen molar-refractivity contribution in [3.63, 3.8) is 0 Å². The van der Waals surface area contributed by atoms with E-state index in [0.717, 1.165) is 43.3 Å². The molecule has 2 fully saturated rings. The number of fused-ring (bicyclic) bond motifs is 1. The van der Waals surface area contributed by atoms with E-state index in [-0.39, 0.29) is 54.8 Å². The molecule has 0 saturated carbocycles. The van der Waals surface area contributed by atoms with Gasteiger partial charge in [-0.15, -0.1) is 0 Å². The van der Waals surface area contributed by atoms with Gasteiger partial charge in [0.1, 0.15) is 16.8 Å². The molecule has 2 atom stereocenters. The maximum atomic E-state index is 13.4. The van der Waals surface area contributed by atoms with Crippen molar-refractivity contribution in [3.05, 3.63) is 83.0 Å². The first-order valence-electron chi connectivity index (χ1n) is 21.9.